The summed E-state index contributed by atoms with van der Waals surface area (Å²) >= 11 is 0. The monoisotopic (exact) mass is 584 g/mol. The molecule has 0 spiro atoms. The van der Waals surface area contributed by atoms with E-state index >= 15 is 0 Å². The van der Waals surface area contributed by atoms with Crippen LogP contribution in [0.15, 0.2) is 30.3 Å². The van der Waals surface area contributed by atoms with Gasteiger partial charge in [-0.25, -0.2) is 18.4 Å². The zero-order valence-corrected chi connectivity index (χ0v) is 22.4. The third-order valence-corrected chi connectivity index (χ3v) is 5.97. The topological polar surface area (TPSA) is 126 Å². The van der Waals surface area contributed by atoms with Crippen LogP contribution in [0.5, 0.6) is 0 Å². The summed E-state index contributed by atoms with van der Waals surface area (Å²) in [5.41, 5.74) is -0.0254. The molecule has 226 valence electrons. The quantitative estimate of drug-likeness (QED) is 0.365. The fraction of sp³-hybridized carbons (Fsp3) is 0.640. The van der Waals surface area contributed by atoms with E-state index in [9.17, 15) is 36.6 Å². The Bertz CT molecular complexity index is 1020. The SMILES string of the molecule is CCC(C(=O)OCc1ccccc1)C(O)CN1OCC2C1C(F)(F)CN2C(=O)OC(C)(C)C.O=C(O)C(F)(F)F. The number of hydrogen-bond acceptors (Lipinski definition) is 8. The number of carbonyl (C=O) groups is 3. The number of benzene rings is 1. The van der Waals surface area contributed by atoms with Gasteiger partial charge in [0.15, 0.2) is 0 Å². The molecule has 0 aromatic heterocycles. The van der Waals surface area contributed by atoms with Gasteiger partial charge in [-0.3, -0.25) is 14.5 Å². The Kier molecular flexibility index (Phi) is 10.8. The summed E-state index contributed by atoms with van der Waals surface area (Å²) in [6.07, 6.45) is -6.95. The average Bonchev–Trinajstić information content (AvgIpc) is 3.36. The van der Waals surface area contributed by atoms with Crippen molar-refractivity contribution in [1.82, 2.24) is 9.96 Å². The molecule has 2 aliphatic rings. The fourth-order valence-electron chi connectivity index (χ4n) is 4.16. The minimum Gasteiger partial charge on any atom is -0.475 e. The summed E-state index contributed by atoms with van der Waals surface area (Å²) in [4.78, 5) is 40.3. The zero-order valence-electron chi connectivity index (χ0n) is 22.4. The first-order valence-electron chi connectivity index (χ1n) is 12.3. The van der Waals surface area contributed by atoms with Crippen LogP contribution in [0, 0.1) is 5.92 Å². The molecule has 3 rings (SSSR count). The molecular weight excluding hydrogens is 551 g/mol. The van der Waals surface area contributed by atoms with E-state index in [2.05, 4.69) is 0 Å². The standard InChI is InChI=1S/C23H32F2N2O6.C2HF3O2/c1-5-16(20(29)31-12-15-9-7-6-8-10-15)18(28)11-27-19-17(13-32-27)26(14-23(19,24)25)21(30)33-22(2,3)4;3-2(4,5)1(6)7/h6-10,16-19,28H,5,11-14H2,1-4H3;(H,6,7). The van der Waals surface area contributed by atoms with Crippen LogP contribution in [-0.2, 0) is 30.5 Å². The number of hydroxylamine groups is 2. The van der Waals surface area contributed by atoms with Gasteiger partial charge in [0, 0.05) is 0 Å². The number of amides is 1. The van der Waals surface area contributed by atoms with Crippen LogP contribution in [0.4, 0.5) is 26.7 Å². The first-order chi connectivity index (χ1) is 18.4. The Morgan fingerprint density at radius 1 is 1.15 bits per heavy atom. The summed E-state index contributed by atoms with van der Waals surface area (Å²) in [7, 11) is 0. The Morgan fingerprint density at radius 2 is 1.73 bits per heavy atom. The Hall–Kier alpha value is -3.04. The van der Waals surface area contributed by atoms with Crippen molar-refractivity contribution in [3.63, 3.8) is 0 Å². The van der Waals surface area contributed by atoms with E-state index < -0.39 is 66.4 Å². The molecule has 0 saturated carbocycles. The molecular formula is C25H33F5N2O8. The molecule has 0 bridgehead atoms. The highest BCUT2D eigenvalue weighted by molar-refractivity contribution is 5.73. The number of alkyl halides is 5. The maximum Gasteiger partial charge on any atom is 0.490 e. The first-order valence-corrected chi connectivity index (χ1v) is 12.3. The first kappa shape index (κ1) is 33.2. The number of hydrogen-bond donors (Lipinski definition) is 2. The van der Waals surface area contributed by atoms with E-state index in [4.69, 9.17) is 24.2 Å². The second kappa shape index (κ2) is 13.1. The number of esters is 1. The number of carbonyl (C=O) groups excluding carboxylic acids is 2. The summed E-state index contributed by atoms with van der Waals surface area (Å²) in [5.74, 6) is -7.55. The van der Waals surface area contributed by atoms with Gasteiger partial charge in [0.1, 0.15) is 18.2 Å². The molecule has 2 fully saturated rings. The summed E-state index contributed by atoms with van der Waals surface area (Å²) in [5, 5.41) is 18.8. The van der Waals surface area contributed by atoms with Gasteiger partial charge < -0.3 is 19.7 Å². The van der Waals surface area contributed by atoms with E-state index in [0.29, 0.717) is 0 Å². The van der Waals surface area contributed by atoms with E-state index in [-0.39, 0.29) is 26.2 Å². The van der Waals surface area contributed by atoms with Crippen molar-refractivity contribution >= 4 is 18.0 Å². The third-order valence-electron chi connectivity index (χ3n) is 5.97. The predicted molar refractivity (Wildman–Crippen MR) is 128 cm³/mol. The number of fused-ring (bicyclic) bond motifs is 1. The maximum absolute atomic E-state index is 14.8. The van der Waals surface area contributed by atoms with Crippen LogP contribution in [0.25, 0.3) is 0 Å². The normalized spacial score (nSPS) is 22.0. The average molecular weight is 585 g/mol. The van der Waals surface area contributed by atoms with Crippen LogP contribution >= 0.6 is 0 Å². The minimum atomic E-state index is -5.08. The lowest BCUT2D eigenvalue weighted by atomic mass is 9.98. The molecule has 4 unspecified atom stereocenters. The van der Waals surface area contributed by atoms with Crippen LogP contribution in [0.1, 0.15) is 39.7 Å². The number of β-amino-alcohol motifs (C(OH)–C–C–N with tert-alkyl or cyclic N) is 1. The van der Waals surface area contributed by atoms with Crippen molar-refractivity contribution in [1.29, 1.82) is 0 Å². The molecule has 40 heavy (non-hydrogen) atoms. The number of rotatable bonds is 7. The van der Waals surface area contributed by atoms with Gasteiger partial charge in [-0.05, 0) is 32.8 Å². The number of aliphatic hydroxyl groups is 1. The molecule has 4 atom stereocenters. The van der Waals surface area contributed by atoms with Gasteiger partial charge in [0.25, 0.3) is 5.92 Å². The van der Waals surface area contributed by atoms with Gasteiger partial charge in [0.05, 0.1) is 37.8 Å². The second-order valence-electron chi connectivity index (χ2n) is 10.3. The molecule has 1 aromatic carbocycles. The molecule has 2 saturated heterocycles. The number of likely N-dealkylation sites (tertiary alicyclic amines) is 1. The Labute approximate surface area is 227 Å². The van der Waals surface area contributed by atoms with E-state index in [1.54, 1.807) is 27.7 Å². The Balaban J connectivity index is 0.000000708. The zero-order chi connectivity index (χ0) is 30.5. The van der Waals surface area contributed by atoms with Crippen molar-refractivity contribution in [2.75, 3.05) is 19.7 Å². The number of halogens is 5. The molecule has 2 aliphatic heterocycles. The van der Waals surface area contributed by atoms with E-state index in [1.807, 2.05) is 30.3 Å². The highest BCUT2D eigenvalue weighted by Gasteiger charge is 2.63. The predicted octanol–water partition coefficient (Wildman–Crippen LogP) is 3.62. The smallest absolute Gasteiger partial charge is 0.475 e. The number of nitrogens with zero attached hydrogens (tertiary/aromatic N) is 2. The Morgan fingerprint density at radius 3 is 2.23 bits per heavy atom. The van der Waals surface area contributed by atoms with Gasteiger partial charge in [-0.15, -0.1) is 0 Å². The molecule has 0 aliphatic carbocycles. The maximum atomic E-state index is 14.8. The van der Waals surface area contributed by atoms with Crippen LogP contribution in [0.3, 0.4) is 0 Å². The lowest BCUT2D eigenvalue weighted by Crippen LogP contribution is -2.49. The van der Waals surface area contributed by atoms with E-state index in [0.717, 1.165) is 15.5 Å². The summed E-state index contributed by atoms with van der Waals surface area (Å²) < 4.78 is 72.0. The number of carboxylic acid groups (broad SMARTS) is 1. The summed E-state index contributed by atoms with van der Waals surface area (Å²) in [6, 6.07) is 6.72. The highest BCUT2D eigenvalue weighted by Crippen LogP contribution is 2.41. The van der Waals surface area contributed by atoms with Crippen molar-refractivity contribution in [3.05, 3.63) is 35.9 Å². The number of aliphatic hydroxyl groups excluding tert-OH is 1. The molecule has 15 heteroatoms. The molecule has 1 aromatic rings. The minimum absolute atomic E-state index is 0.0523. The third kappa shape index (κ3) is 8.99. The molecule has 1 amide bonds. The van der Waals surface area contributed by atoms with E-state index in [1.165, 1.54) is 0 Å². The van der Waals surface area contributed by atoms with Crippen LogP contribution in [0.2, 0.25) is 0 Å². The molecule has 2 N–H and O–H groups in total. The molecule has 10 nitrogen and oxygen atoms in total. The number of aliphatic carboxylic acids is 1. The lowest BCUT2D eigenvalue weighted by molar-refractivity contribution is -0.198. The van der Waals surface area contributed by atoms with Gasteiger partial charge in [-0.2, -0.15) is 18.2 Å². The fourth-order valence-corrected chi connectivity index (χ4v) is 4.16. The molecule has 0 radical (unpaired) electrons. The number of carboxylic acids is 1. The van der Waals surface area contributed by atoms with Crippen molar-refractivity contribution in [2.24, 2.45) is 5.92 Å². The van der Waals surface area contributed by atoms with Crippen LogP contribution in [-0.4, -0.2) is 93.8 Å². The largest absolute Gasteiger partial charge is 0.490 e. The highest BCUT2D eigenvalue weighted by atomic mass is 19.4. The lowest BCUT2D eigenvalue weighted by Gasteiger charge is -2.29. The van der Waals surface area contributed by atoms with Gasteiger partial charge in [0.2, 0.25) is 0 Å². The summed E-state index contributed by atoms with van der Waals surface area (Å²) in [6.45, 7) is 5.46. The van der Waals surface area contributed by atoms with Crippen molar-refractivity contribution in [2.45, 2.75) is 76.6 Å². The molecule has 2 heterocycles. The van der Waals surface area contributed by atoms with Crippen LogP contribution < -0.4 is 0 Å². The van der Waals surface area contributed by atoms with Gasteiger partial charge in [-0.1, -0.05) is 37.3 Å². The van der Waals surface area contributed by atoms with Crippen molar-refractivity contribution in [3.8, 4) is 0 Å². The van der Waals surface area contributed by atoms with Crippen molar-refractivity contribution < 1.29 is 60.9 Å². The van der Waals surface area contributed by atoms with Gasteiger partial charge >= 0.3 is 24.2 Å². The number of ether oxygens (including phenoxy) is 2. The second-order valence-corrected chi connectivity index (χ2v) is 10.3.